The van der Waals surface area contributed by atoms with Gasteiger partial charge in [0, 0.05) is 28.1 Å². The minimum absolute atomic E-state index is 0.0204. The number of nitrogens with zero attached hydrogens (tertiary/aromatic N) is 1. The fourth-order valence-corrected chi connectivity index (χ4v) is 4.74. The standard InChI is InChI=1S/C24H29Cl2N3O2/c1-14-17(7-10-23(27)28-14)6-9-22(30)15(2)29-24(31)19-4-3-16(12-19)11-18-5-8-20(25)13-21(18)26/h5,7-8,10,13,15-16,19H,3-4,6,9,11-12H2,1-2H3,(H2,27,28)(H,29,31)/t15-,16-,19+/m0/s1. The van der Waals surface area contributed by atoms with Gasteiger partial charge < -0.3 is 11.1 Å². The fraction of sp³-hybridized carbons (Fsp3) is 0.458. The summed E-state index contributed by atoms with van der Waals surface area (Å²) in [5.74, 6) is 0.806. The van der Waals surface area contributed by atoms with E-state index in [9.17, 15) is 9.59 Å². The third-order valence-corrected chi connectivity index (χ3v) is 6.72. The molecule has 5 nitrogen and oxygen atoms in total. The number of carbonyl (C=O) groups is 2. The molecule has 1 aromatic heterocycles. The molecule has 1 fully saturated rings. The van der Waals surface area contributed by atoms with Crippen molar-refractivity contribution in [3.8, 4) is 0 Å². The minimum atomic E-state index is -0.501. The van der Waals surface area contributed by atoms with E-state index in [1.807, 2.05) is 25.1 Å². The lowest BCUT2D eigenvalue weighted by molar-refractivity contribution is -0.129. The maximum atomic E-state index is 12.7. The lowest BCUT2D eigenvalue weighted by Crippen LogP contribution is -2.41. The van der Waals surface area contributed by atoms with Crippen LogP contribution >= 0.6 is 23.2 Å². The lowest BCUT2D eigenvalue weighted by Gasteiger charge is -2.17. The van der Waals surface area contributed by atoms with Crippen LogP contribution in [-0.2, 0) is 22.4 Å². The van der Waals surface area contributed by atoms with Gasteiger partial charge in [-0.2, -0.15) is 0 Å². The van der Waals surface area contributed by atoms with Gasteiger partial charge in [-0.3, -0.25) is 9.59 Å². The summed E-state index contributed by atoms with van der Waals surface area (Å²) in [5, 5.41) is 4.21. The second-order valence-corrected chi connectivity index (χ2v) is 9.34. The van der Waals surface area contributed by atoms with Crippen LogP contribution in [0.4, 0.5) is 5.82 Å². The molecule has 1 aliphatic rings. The molecule has 3 N–H and O–H groups in total. The molecule has 31 heavy (non-hydrogen) atoms. The van der Waals surface area contributed by atoms with Crippen molar-refractivity contribution in [1.82, 2.24) is 10.3 Å². The first-order chi connectivity index (χ1) is 14.7. The van der Waals surface area contributed by atoms with Gasteiger partial charge in [0.1, 0.15) is 5.82 Å². The second kappa shape index (κ2) is 10.5. The molecular formula is C24H29Cl2N3O2. The molecule has 0 radical (unpaired) electrons. The van der Waals surface area contributed by atoms with Gasteiger partial charge in [0.15, 0.2) is 5.78 Å². The summed E-state index contributed by atoms with van der Waals surface area (Å²) in [6.45, 7) is 3.64. The smallest absolute Gasteiger partial charge is 0.223 e. The van der Waals surface area contributed by atoms with Crippen LogP contribution in [0.15, 0.2) is 30.3 Å². The summed E-state index contributed by atoms with van der Waals surface area (Å²) in [5.41, 5.74) is 8.57. The zero-order valence-corrected chi connectivity index (χ0v) is 19.5. The van der Waals surface area contributed by atoms with Crippen molar-refractivity contribution in [3.63, 3.8) is 0 Å². The third-order valence-electron chi connectivity index (χ3n) is 6.13. The van der Waals surface area contributed by atoms with Crippen molar-refractivity contribution < 1.29 is 9.59 Å². The molecule has 1 heterocycles. The van der Waals surface area contributed by atoms with Gasteiger partial charge in [-0.25, -0.2) is 4.98 Å². The molecule has 0 unspecified atom stereocenters. The molecular weight excluding hydrogens is 433 g/mol. The number of benzene rings is 1. The monoisotopic (exact) mass is 461 g/mol. The molecule has 3 atom stereocenters. The zero-order valence-electron chi connectivity index (χ0n) is 18.0. The summed E-state index contributed by atoms with van der Waals surface area (Å²) in [7, 11) is 0. The van der Waals surface area contributed by atoms with Gasteiger partial charge in [-0.05, 0) is 81.2 Å². The molecule has 2 aromatic rings. The van der Waals surface area contributed by atoms with Gasteiger partial charge in [-0.1, -0.05) is 35.3 Å². The first-order valence-electron chi connectivity index (χ1n) is 10.7. The molecule has 0 bridgehead atoms. The molecule has 1 amide bonds. The van der Waals surface area contributed by atoms with Gasteiger partial charge >= 0.3 is 0 Å². The summed E-state index contributed by atoms with van der Waals surface area (Å²) >= 11 is 12.3. The first kappa shape index (κ1) is 23.6. The number of halogens is 2. The molecule has 0 aliphatic heterocycles. The van der Waals surface area contributed by atoms with E-state index in [2.05, 4.69) is 10.3 Å². The van der Waals surface area contributed by atoms with Crippen molar-refractivity contribution in [2.75, 3.05) is 5.73 Å². The van der Waals surface area contributed by atoms with Crippen molar-refractivity contribution in [3.05, 3.63) is 57.2 Å². The Morgan fingerprint density at radius 1 is 1.19 bits per heavy atom. The Balaban J connectivity index is 1.46. The average molecular weight is 462 g/mol. The maximum absolute atomic E-state index is 12.7. The SMILES string of the molecule is Cc1nc(N)ccc1CCC(=O)[C@H](C)NC(=O)[C@@H]1CC[C@@H](Cc2ccc(Cl)cc2Cl)C1. The van der Waals surface area contributed by atoms with Crippen LogP contribution in [0.3, 0.4) is 0 Å². The number of hydrogen-bond donors (Lipinski definition) is 2. The molecule has 1 saturated carbocycles. The highest BCUT2D eigenvalue weighted by Gasteiger charge is 2.31. The number of carbonyl (C=O) groups excluding carboxylic acids is 2. The predicted octanol–water partition coefficient (Wildman–Crippen LogP) is 4.94. The molecule has 7 heteroatoms. The van der Waals surface area contributed by atoms with Crippen LogP contribution in [0.25, 0.3) is 0 Å². The molecule has 1 aliphatic carbocycles. The van der Waals surface area contributed by atoms with E-state index in [4.69, 9.17) is 28.9 Å². The summed E-state index contributed by atoms with van der Waals surface area (Å²) in [6.07, 6.45) is 4.40. The minimum Gasteiger partial charge on any atom is -0.384 e. The maximum Gasteiger partial charge on any atom is 0.223 e. The van der Waals surface area contributed by atoms with E-state index in [1.165, 1.54) is 0 Å². The number of nitrogens with two attached hydrogens (primary N) is 1. The van der Waals surface area contributed by atoms with E-state index < -0.39 is 6.04 Å². The van der Waals surface area contributed by atoms with Gasteiger partial charge in [-0.15, -0.1) is 0 Å². The topological polar surface area (TPSA) is 85.1 Å². The quantitative estimate of drug-likeness (QED) is 0.582. The van der Waals surface area contributed by atoms with Gasteiger partial charge in [0.2, 0.25) is 5.91 Å². The fourth-order valence-electron chi connectivity index (χ4n) is 4.26. The first-order valence-corrected chi connectivity index (χ1v) is 11.5. The highest BCUT2D eigenvalue weighted by atomic mass is 35.5. The zero-order chi connectivity index (χ0) is 22.5. The summed E-state index contributed by atoms with van der Waals surface area (Å²) < 4.78 is 0. The number of pyridine rings is 1. The number of rotatable bonds is 8. The Kier molecular flexibility index (Phi) is 7.95. The number of nitrogen functional groups attached to an aromatic ring is 1. The van der Waals surface area contributed by atoms with Gasteiger partial charge in [0.25, 0.3) is 0 Å². The Morgan fingerprint density at radius 3 is 2.65 bits per heavy atom. The van der Waals surface area contributed by atoms with Crippen molar-refractivity contribution in [1.29, 1.82) is 0 Å². The van der Waals surface area contributed by atoms with Gasteiger partial charge in [0.05, 0.1) is 6.04 Å². The van der Waals surface area contributed by atoms with E-state index in [-0.39, 0.29) is 17.6 Å². The van der Waals surface area contributed by atoms with E-state index in [0.717, 1.165) is 42.5 Å². The third kappa shape index (κ3) is 6.44. The largest absolute Gasteiger partial charge is 0.384 e. The number of Topliss-reactive ketones (excluding diaryl/α,β-unsaturated/α-hetero) is 1. The average Bonchev–Trinajstić information content (AvgIpc) is 3.18. The number of hydrogen-bond acceptors (Lipinski definition) is 4. The Morgan fingerprint density at radius 2 is 1.94 bits per heavy atom. The molecule has 3 rings (SSSR count). The lowest BCUT2D eigenvalue weighted by atomic mass is 9.96. The van der Waals surface area contributed by atoms with E-state index in [1.54, 1.807) is 19.1 Å². The van der Waals surface area contributed by atoms with Crippen molar-refractivity contribution >= 4 is 40.7 Å². The summed E-state index contributed by atoms with van der Waals surface area (Å²) in [4.78, 5) is 29.5. The molecule has 166 valence electrons. The Hall–Kier alpha value is -2.11. The molecule has 1 aromatic carbocycles. The van der Waals surface area contributed by atoms with Crippen LogP contribution in [-0.4, -0.2) is 22.7 Å². The summed E-state index contributed by atoms with van der Waals surface area (Å²) in [6, 6.07) is 8.70. The highest BCUT2D eigenvalue weighted by Crippen LogP contribution is 2.35. The number of amides is 1. The number of aromatic nitrogens is 1. The number of aryl methyl sites for hydroxylation is 2. The number of anilines is 1. The molecule has 0 spiro atoms. The van der Waals surface area contributed by atoms with Crippen LogP contribution in [0.1, 0.15) is 49.4 Å². The van der Waals surface area contributed by atoms with E-state index in [0.29, 0.717) is 34.6 Å². The Bertz CT molecular complexity index is 964. The Labute approximate surface area is 193 Å². The number of nitrogens with one attached hydrogen (secondary N) is 1. The second-order valence-electron chi connectivity index (χ2n) is 8.49. The van der Waals surface area contributed by atoms with E-state index >= 15 is 0 Å². The van der Waals surface area contributed by atoms with Crippen molar-refractivity contribution in [2.45, 2.75) is 58.4 Å². The van der Waals surface area contributed by atoms with Crippen LogP contribution in [0, 0.1) is 18.8 Å². The highest BCUT2D eigenvalue weighted by molar-refractivity contribution is 6.35. The van der Waals surface area contributed by atoms with Crippen LogP contribution in [0.2, 0.25) is 10.0 Å². The number of ketones is 1. The molecule has 0 saturated heterocycles. The van der Waals surface area contributed by atoms with Crippen molar-refractivity contribution in [2.24, 2.45) is 11.8 Å². The van der Waals surface area contributed by atoms with Crippen LogP contribution < -0.4 is 11.1 Å². The normalized spacial score (nSPS) is 19.2. The van der Waals surface area contributed by atoms with Crippen LogP contribution in [0.5, 0.6) is 0 Å². The predicted molar refractivity (Wildman–Crippen MR) is 125 cm³/mol.